The van der Waals surface area contributed by atoms with E-state index in [-0.39, 0.29) is 5.69 Å². The van der Waals surface area contributed by atoms with Crippen LogP contribution in [-0.4, -0.2) is 23.2 Å². The summed E-state index contributed by atoms with van der Waals surface area (Å²) in [5.74, 6) is -0.0698. The Kier molecular flexibility index (Phi) is 3.90. The molecular weight excluding hydrogens is 242 g/mol. The molecule has 4 heteroatoms. The van der Waals surface area contributed by atoms with Gasteiger partial charge in [0.2, 0.25) is 0 Å². The number of hydrogen-bond acceptors (Lipinski definition) is 2. The highest BCUT2D eigenvalue weighted by atomic mass is 16.5. The Morgan fingerprint density at radius 2 is 2.16 bits per heavy atom. The summed E-state index contributed by atoms with van der Waals surface area (Å²) >= 11 is 0. The van der Waals surface area contributed by atoms with Crippen molar-refractivity contribution in [3.63, 3.8) is 0 Å². The number of carboxylic acids is 1. The summed E-state index contributed by atoms with van der Waals surface area (Å²) in [7, 11) is 1.65. The number of ether oxygens (including phenoxy) is 1. The molecule has 0 aliphatic carbocycles. The zero-order chi connectivity index (χ0) is 13.8. The molecule has 2 aromatic rings. The van der Waals surface area contributed by atoms with E-state index in [4.69, 9.17) is 9.84 Å². The minimum atomic E-state index is -0.912. The lowest BCUT2D eigenvalue weighted by Crippen LogP contribution is -1.99. The van der Waals surface area contributed by atoms with Gasteiger partial charge in [0.15, 0.2) is 0 Å². The van der Waals surface area contributed by atoms with Crippen molar-refractivity contribution >= 4 is 5.97 Å². The lowest BCUT2D eigenvalue weighted by atomic mass is 10.0. The molecule has 19 heavy (non-hydrogen) atoms. The van der Waals surface area contributed by atoms with E-state index < -0.39 is 5.97 Å². The Balaban J connectivity index is 2.08. The van der Waals surface area contributed by atoms with Gasteiger partial charge in [-0.1, -0.05) is 12.1 Å². The van der Waals surface area contributed by atoms with Crippen molar-refractivity contribution in [3.8, 4) is 5.75 Å². The second kappa shape index (κ2) is 5.61. The summed E-state index contributed by atoms with van der Waals surface area (Å²) in [6.45, 7) is 1.83. The van der Waals surface area contributed by atoms with Crippen molar-refractivity contribution in [2.75, 3.05) is 7.11 Å². The van der Waals surface area contributed by atoms with E-state index in [9.17, 15) is 4.79 Å². The summed E-state index contributed by atoms with van der Waals surface area (Å²) in [6.07, 6.45) is 3.44. The summed E-state index contributed by atoms with van der Waals surface area (Å²) in [6, 6.07) is 7.91. The van der Waals surface area contributed by atoms with Gasteiger partial charge in [0.1, 0.15) is 11.4 Å². The molecule has 0 saturated carbocycles. The van der Waals surface area contributed by atoms with E-state index in [0.717, 1.165) is 29.7 Å². The normalized spacial score (nSPS) is 10.4. The van der Waals surface area contributed by atoms with Crippen molar-refractivity contribution in [1.82, 2.24) is 4.98 Å². The van der Waals surface area contributed by atoms with Crippen LogP contribution in [0.1, 0.15) is 27.2 Å². The van der Waals surface area contributed by atoms with E-state index in [1.807, 2.05) is 31.2 Å². The lowest BCUT2D eigenvalue weighted by Gasteiger charge is -2.04. The van der Waals surface area contributed by atoms with Gasteiger partial charge in [-0.3, -0.25) is 0 Å². The number of H-pyrrole nitrogens is 1. The number of carboxylic acid groups (broad SMARTS) is 1. The Labute approximate surface area is 112 Å². The highest BCUT2D eigenvalue weighted by Gasteiger charge is 2.12. The Hall–Kier alpha value is -2.23. The van der Waals surface area contributed by atoms with Crippen molar-refractivity contribution in [2.45, 2.75) is 19.8 Å². The number of aromatic nitrogens is 1. The first-order valence-corrected chi connectivity index (χ1v) is 6.15. The van der Waals surface area contributed by atoms with Crippen LogP contribution in [-0.2, 0) is 12.8 Å². The Bertz CT molecular complexity index is 587. The van der Waals surface area contributed by atoms with Gasteiger partial charge in [-0.05, 0) is 48.6 Å². The quantitative estimate of drug-likeness (QED) is 0.868. The molecule has 0 fully saturated rings. The molecule has 0 aliphatic rings. The third-order valence-electron chi connectivity index (χ3n) is 3.28. The van der Waals surface area contributed by atoms with Gasteiger partial charge in [0.25, 0.3) is 0 Å². The first kappa shape index (κ1) is 13.2. The molecule has 4 nitrogen and oxygen atoms in total. The Morgan fingerprint density at radius 3 is 2.79 bits per heavy atom. The van der Waals surface area contributed by atoms with Crippen LogP contribution in [0, 0.1) is 6.92 Å². The molecule has 0 aliphatic heterocycles. The first-order valence-electron chi connectivity index (χ1n) is 6.15. The maximum Gasteiger partial charge on any atom is 0.352 e. The molecule has 0 unspecified atom stereocenters. The number of aromatic carboxylic acids is 1. The average Bonchev–Trinajstić information content (AvgIpc) is 2.78. The highest BCUT2D eigenvalue weighted by Crippen LogP contribution is 2.18. The molecule has 1 aromatic carbocycles. The molecule has 0 atom stereocenters. The number of carbonyl (C=O) groups is 1. The predicted octanol–water partition coefficient (Wildman–Crippen LogP) is 2.82. The molecule has 1 heterocycles. The second-order valence-electron chi connectivity index (χ2n) is 4.47. The van der Waals surface area contributed by atoms with Crippen molar-refractivity contribution in [2.24, 2.45) is 0 Å². The van der Waals surface area contributed by atoms with Gasteiger partial charge in [-0.15, -0.1) is 0 Å². The van der Waals surface area contributed by atoms with Gasteiger partial charge >= 0.3 is 5.97 Å². The summed E-state index contributed by atoms with van der Waals surface area (Å²) in [5.41, 5.74) is 3.31. The van der Waals surface area contributed by atoms with Crippen LogP contribution in [0.25, 0.3) is 0 Å². The molecule has 0 bridgehead atoms. The van der Waals surface area contributed by atoms with E-state index in [2.05, 4.69) is 4.98 Å². The minimum absolute atomic E-state index is 0.278. The average molecular weight is 259 g/mol. The number of rotatable bonds is 5. The zero-order valence-corrected chi connectivity index (χ0v) is 11.1. The van der Waals surface area contributed by atoms with Crippen molar-refractivity contribution in [3.05, 3.63) is 52.8 Å². The van der Waals surface area contributed by atoms with Crippen LogP contribution >= 0.6 is 0 Å². The number of aromatic amines is 1. The summed E-state index contributed by atoms with van der Waals surface area (Å²) < 4.78 is 5.18. The number of methoxy groups -OCH3 is 1. The lowest BCUT2D eigenvalue weighted by molar-refractivity contribution is 0.0690. The maximum absolute atomic E-state index is 10.9. The first-order chi connectivity index (χ1) is 9.11. The minimum Gasteiger partial charge on any atom is -0.497 e. The van der Waals surface area contributed by atoms with E-state index in [0.29, 0.717) is 0 Å². The molecule has 0 amide bonds. The summed E-state index contributed by atoms with van der Waals surface area (Å²) in [4.78, 5) is 13.8. The molecule has 0 saturated heterocycles. The number of nitrogens with one attached hydrogen (secondary N) is 1. The topological polar surface area (TPSA) is 62.3 Å². The number of aryl methyl sites for hydroxylation is 2. The SMILES string of the molecule is COc1cccc(CCc2c[nH]c(C(=O)O)c2C)c1. The standard InChI is InChI=1S/C15H17NO3/c1-10-12(9-16-14(10)15(17)18)7-6-11-4-3-5-13(8-11)19-2/h3-5,8-9,16H,6-7H2,1-2H3,(H,17,18). The van der Waals surface area contributed by atoms with Crippen molar-refractivity contribution < 1.29 is 14.6 Å². The third-order valence-corrected chi connectivity index (χ3v) is 3.28. The van der Waals surface area contributed by atoms with Crippen molar-refractivity contribution in [1.29, 1.82) is 0 Å². The fourth-order valence-electron chi connectivity index (χ4n) is 2.13. The second-order valence-corrected chi connectivity index (χ2v) is 4.47. The monoisotopic (exact) mass is 259 g/mol. The fourth-order valence-corrected chi connectivity index (χ4v) is 2.13. The maximum atomic E-state index is 10.9. The molecule has 2 rings (SSSR count). The van der Waals surface area contributed by atoms with Gasteiger partial charge in [0, 0.05) is 6.20 Å². The molecule has 2 N–H and O–H groups in total. The molecule has 1 aromatic heterocycles. The van der Waals surface area contributed by atoms with Crippen LogP contribution in [0.2, 0.25) is 0 Å². The van der Waals surface area contributed by atoms with Crippen LogP contribution < -0.4 is 4.74 Å². The Morgan fingerprint density at radius 1 is 1.37 bits per heavy atom. The number of benzene rings is 1. The molecule has 0 radical (unpaired) electrons. The van der Waals surface area contributed by atoms with Crippen LogP contribution in [0.3, 0.4) is 0 Å². The van der Waals surface area contributed by atoms with Gasteiger partial charge in [0.05, 0.1) is 7.11 Å². The molecular formula is C15H17NO3. The predicted molar refractivity (Wildman–Crippen MR) is 72.9 cm³/mol. The van der Waals surface area contributed by atoms with Gasteiger partial charge in [-0.2, -0.15) is 0 Å². The van der Waals surface area contributed by atoms with Crippen LogP contribution in [0.4, 0.5) is 0 Å². The van der Waals surface area contributed by atoms with Crippen LogP contribution in [0.5, 0.6) is 5.75 Å². The van der Waals surface area contributed by atoms with Gasteiger partial charge < -0.3 is 14.8 Å². The molecule has 0 spiro atoms. The summed E-state index contributed by atoms with van der Waals surface area (Å²) in [5, 5.41) is 8.98. The fraction of sp³-hybridized carbons (Fsp3) is 0.267. The zero-order valence-electron chi connectivity index (χ0n) is 11.1. The van der Waals surface area contributed by atoms with E-state index in [1.54, 1.807) is 13.3 Å². The van der Waals surface area contributed by atoms with Gasteiger partial charge in [-0.25, -0.2) is 4.79 Å². The third kappa shape index (κ3) is 2.96. The van der Waals surface area contributed by atoms with Crippen LogP contribution in [0.15, 0.2) is 30.5 Å². The largest absolute Gasteiger partial charge is 0.497 e. The number of hydrogen-bond donors (Lipinski definition) is 2. The molecule has 100 valence electrons. The van der Waals surface area contributed by atoms with E-state index >= 15 is 0 Å². The smallest absolute Gasteiger partial charge is 0.352 e. The van der Waals surface area contributed by atoms with E-state index in [1.165, 1.54) is 5.56 Å². The highest BCUT2D eigenvalue weighted by molar-refractivity contribution is 5.87.